The topological polar surface area (TPSA) is 30.5 Å². The van der Waals surface area contributed by atoms with E-state index in [0.29, 0.717) is 6.04 Å². The highest BCUT2D eigenvalue weighted by Gasteiger charge is 2.04. The van der Waals surface area contributed by atoms with Gasteiger partial charge in [-0.3, -0.25) is 0 Å². The third-order valence-electron chi connectivity index (χ3n) is 3.41. The molecule has 1 N–H and O–H groups in total. The van der Waals surface area contributed by atoms with Gasteiger partial charge in [-0.05, 0) is 49.6 Å². The van der Waals surface area contributed by atoms with Gasteiger partial charge in [0.15, 0.2) is 0 Å². The summed E-state index contributed by atoms with van der Waals surface area (Å²) in [7, 11) is 3.43. The van der Waals surface area contributed by atoms with Crippen molar-refractivity contribution in [2.24, 2.45) is 0 Å². The average Bonchev–Trinajstić information content (AvgIpc) is 2.45. The summed E-state index contributed by atoms with van der Waals surface area (Å²) in [4.78, 5) is 0. The summed E-state index contributed by atoms with van der Waals surface area (Å²) in [6, 6.07) is 6.61. The van der Waals surface area contributed by atoms with E-state index in [9.17, 15) is 0 Å². The molecule has 1 aromatic carbocycles. The van der Waals surface area contributed by atoms with Crippen LogP contribution >= 0.6 is 0 Å². The minimum Gasteiger partial charge on any atom is -0.497 e. The lowest BCUT2D eigenvalue weighted by molar-refractivity contribution is 0.398. The average molecular weight is 279 g/mol. The Morgan fingerprint density at radius 1 is 1.00 bits per heavy atom. The van der Waals surface area contributed by atoms with E-state index in [0.717, 1.165) is 24.5 Å². The van der Waals surface area contributed by atoms with Crippen molar-refractivity contribution in [2.45, 2.75) is 52.0 Å². The number of hydrogen-bond donors (Lipinski definition) is 1. The fourth-order valence-electron chi connectivity index (χ4n) is 2.26. The van der Waals surface area contributed by atoms with Crippen LogP contribution in [0.2, 0.25) is 0 Å². The van der Waals surface area contributed by atoms with Crippen LogP contribution in [0.1, 0.15) is 45.1 Å². The summed E-state index contributed by atoms with van der Waals surface area (Å²) in [5.74, 6) is 1.87. The van der Waals surface area contributed by atoms with Crippen LogP contribution in [-0.2, 0) is 6.42 Å². The molecule has 0 spiro atoms. The normalized spacial score (nSPS) is 10.8. The first-order valence-corrected chi connectivity index (χ1v) is 7.61. The lowest BCUT2D eigenvalue weighted by Crippen LogP contribution is -2.23. The smallest absolute Gasteiger partial charge is 0.122 e. The van der Waals surface area contributed by atoms with E-state index in [2.05, 4.69) is 25.2 Å². The van der Waals surface area contributed by atoms with Crippen molar-refractivity contribution in [1.29, 1.82) is 0 Å². The monoisotopic (exact) mass is 279 g/mol. The number of ether oxygens (including phenoxy) is 2. The number of methoxy groups -OCH3 is 2. The molecule has 3 heteroatoms. The van der Waals surface area contributed by atoms with Gasteiger partial charge >= 0.3 is 0 Å². The summed E-state index contributed by atoms with van der Waals surface area (Å²) in [5.41, 5.74) is 1.24. The Bertz CT molecular complexity index is 377. The van der Waals surface area contributed by atoms with Crippen LogP contribution in [0.15, 0.2) is 18.2 Å². The number of benzene rings is 1. The number of unbranched alkanes of at least 4 members (excludes halogenated alkanes) is 3. The zero-order valence-electron chi connectivity index (χ0n) is 13.4. The van der Waals surface area contributed by atoms with E-state index in [4.69, 9.17) is 9.47 Å². The standard InChI is InChI=1S/C17H29NO2/c1-14(2)18-12-8-6-5-7-9-15-13-16(19-3)10-11-17(15)20-4/h10-11,13-14,18H,5-9,12H2,1-4H3. The molecule has 0 amide bonds. The molecule has 1 rings (SSSR count). The van der Waals surface area contributed by atoms with Gasteiger partial charge in [-0.25, -0.2) is 0 Å². The van der Waals surface area contributed by atoms with E-state index in [-0.39, 0.29) is 0 Å². The van der Waals surface area contributed by atoms with Crippen molar-refractivity contribution < 1.29 is 9.47 Å². The molecule has 0 heterocycles. The van der Waals surface area contributed by atoms with Crippen LogP contribution < -0.4 is 14.8 Å². The molecule has 0 atom stereocenters. The van der Waals surface area contributed by atoms with Gasteiger partial charge in [0.2, 0.25) is 0 Å². The highest BCUT2D eigenvalue weighted by atomic mass is 16.5. The van der Waals surface area contributed by atoms with Crippen molar-refractivity contribution in [2.75, 3.05) is 20.8 Å². The lowest BCUT2D eigenvalue weighted by Gasteiger charge is -2.10. The Hall–Kier alpha value is -1.22. The van der Waals surface area contributed by atoms with Gasteiger partial charge in [0.05, 0.1) is 14.2 Å². The molecule has 0 saturated heterocycles. The summed E-state index contributed by atoms with van der Waals surface area (Å²) < 4.78 is 10.7. The molecule has 0 unspecified atom stereocenters. The summed E-state index contributed by atoms with van der Waals surface area (Å²) >= 11 is 0. The zero-order chi connectivity index (χ0) is 14.8. The molecule has 0 aromatic heterocycles. The third-order valence-corrected chi connectivity index (χ3v) is 3.41. The van der Waals surface area contributed by atoms with E-state index < -0.39 is 0 Å². The quantitative estimate of drug-likeness (QED) is 0.661. The van der Waals surface area contributed by atoms with Crippen molar-refractivity contribution in [3.05, 3.63) is 23.8 Å². The molecule has 0 aliphatic heterocycles. The summed E-state index contributed by atoms with van der Waals surface area (Å²) in [6.45, 7) is 5.50. The molecule has 3 nitrogen and oxygen atoms in total. The SMILES string of the molecule is COc1ccc(OC)c(CCCCCCNC(C)C)c1. The Balaban J connectivity index is 2.27. The van der Waals surface area contributed by atoms with E-state index in [1.54, 1.807) is 14.2 Å². The van der Waals surface area contributed by atoms with Gasteiger partial charge in [0.25, 0.3) is 0 Å². The highest BCUT2D eigenvalue weighted by Crippen LogP contribution is 2.25. The second-order valence-corrected chi connectivity index (χ2v) is 5.45. The molecule has 0 aliphatic carbocycles. The molecule has 0 radical (unpaired) electrons. The van der Waals surface area contributed by atoms with Gasteiger partial charge in [-0.15, -0.1) is 0 Å². The van der Waals surface area contributed by atoms with Gasteiger partial charge in [-0.1, -0.05) is 26.7 Å². The molecule has 20 heavy (non-hydrogen) atoms. The van der Waals surface area contributed by atoms with Crippen LogP contribution in [0.25, 0.3) is 0 Å². The van der Waals surface area contributed by atoms with Crippen LogP contribution in [0.5, 0.6) is 11.5 Å². The zero-order valence-corrected chi connectivity index (χ0v) is 13.4. The van der Waals surface area contributed by atoms with Crippen molar-refractivity contribution in [3.63, 3.8) is 0 Å². The maximum absolute atomic E-state index is 5.40. The Morgan fingerprint density at radius 2 is 1.75 bits per heavy atom. The Kier molecular flexibility index (Phi) is 8.12. The van der Waals surface area contributed by atoms with E-state index in [1.165, 1.54) is 31.2 Å². The molecule has 1 aromatic rings. The number of aryl methyl sites for hydroxylation is 1. The van der Waals surface area contributed by atoms with Gasteiger partial charge in [-0.2, -0.15) is 0 Å². The second kappa shape index (κ2) is 9.65. The maximum Gasteiger partial charge on any atom is 0.122 e. The summed E-state index contributed by atoms with van der Waals surface area (Å²) in [5, 5.41) is 3.45. The Labute approximate surface area is 123 Å². The minimum absolute atomic E-state index is 0.594. The van der Waals surface area contributed by atoms with Crippen LogP contribution in [-0.4, -0.2) is 26.8 Å². The van der Waals surface area contributed by atoms with Crippen LogP contribution in [0.3, 0.4) is 0 Å². The molecule has 0 bridgehead atoms. The van der Waals surface area contributed by atoms with E-state index >= 15 is 0 Å². The van der Waals surface area contributed by atoms with Gasteiger partial charge in [0, 0.05) is 6.04 Å². The molecule has 114 valence electrons. The first kappa shape index (κ1) is 16.8. The van der Waals surface area contributed by atoms with E-state index in [1.807, 2.05) is 12.1 Å². The fourth-order valence-corrected chi connectivity index (χ4v) is 2.26. The van der Waals surface area contributed by atoms with Gasteiger partial charge < -0.3 is 14.8 Å². The molecular weight excluding hydrogens is 250 g/mol. The van der Waals surface area contributed by atoms with Crippen molar-refractivity contribution >= 4 is 0 Å². The van der Waals surface area contributed by atoms with Crippen molar-refractivity contribution in [3.8, 4) is 11.5 Å². The highest BCUT2D eigenvalue weighted by molar-refractivity contribution is 5.40. The number of hydrogen-bond acceptors (Lipinski definition) is 3. The minimum atomic E-state index is 0.594. The molecule has 0 saturated carbocycles. The molecular formula is C17H29NO2. The second-order valence-electron chi connectivity index (χ2n) is 5.45. The van der Waals surface area contributed by atoms with Crippen LogP contribution in [0, 0.1) is 0 Å². The predicted molar refractivity (Wildman–Crippen MR) is 84.9 cm³/mol. The predicted octanol–water partition coefficient (Wildman–Crippen LogP) is 3.80. The van der Waals surface area contributed by atoms with Crippen molar-refractivity contribution in [1.82, 2.24) is 5.32 Å². The Morgan fingerprint density at radius 3 is 2.40 bits per heavy atom. The molecule has 0 fully saturated rings. The largest absolute Gasteiger partial charge is 0.497 e. The number of nitrogens with one attached hydrogen (secondary N) is 1. The van der Waals surface area contributed by atoms with Gasteiger partial charge in [0.1, 0.15) is 11.5 Å². The fraction of sp³-hybridized carbons (Fsp3) is 0.647. The molecule has 0 aliphatic rings. The van der Waals surface area contributed by atoms with Crippen LogP contribution in [0.4, 0.5) is 0 Å². The maximum atomic E-state index is 5.40. The first-order chi connectivity index (χ1) is 9.67. The summed E-state index contributed by atoms with van der Waals surface area (Å²) in [6.07, 6.45) is 6.06. The first-order valence-electron chi connectivity index (χ1n) is 7.61. The third kappa shape index (κ3) is 6.29. The number of rotatable bonds is 10. The lowest BCUT2D eigenvalue weighted by atomic mass is 10.0.